The lowest BCUT2D eigenvalue weighted by atomic mass is 9.47. The van der Waals surface area contributed by atoms with E-state index in [-0.39, 0.29) is 0 Å². The average molecular weight is 214 g/mol. The van der Waals surface area contributed by atoms with Crippen molar-refractivity contribution < 1.29 is 0 Å². The SMILES string of the molecule is [C]1=CC(C23CC4CC(CC(C4)C2)C3)=CCN1. The second kappa shape index (κ2) is 3.15. The van der Waals surface area contributed by atoms with Gasteiger partial charge in [-0.15, -0.1) is 0 Å². The van der Waals surface area contributed by atoms with Gasteiger partial charge in [0.15, 0.2) is 0 Å². The molecular formula is C15H20N. The molecule has 0 aromatic carbocycles. The molecule has 0 aromatic heterocycles. The first-order valence-electron chi connectivity index (χ1n) is 6.86. The molecule has 1 heteroatoms. The summed E-state index contributed by atoms with van der Waals surface area (Å²) >= 11 is 0. The minimum atomic E-state index is 0.573. The summed E-state index contributed by atoms with van der Waals surface area (Å²) in [6.07, 6.45) is 16.9. The molecular weight excluding hydrogens is 194 g/mol. The Hall–Kier alpha value is -0.720. The van der Waals surface area contributed by atoms with Gasteiger partial charge in [-0.2, -0.15) is 0 Å². The van der Waals surface area contributed by atoms with Crippen LogP contribution in [-0.2, 0) is 0 Å². The van der Waals surface area contributed by atoms with E-state index in [1.165, 1.54) is 38.5 Å². The first-order chi connectivity index (χ1) is 7.84. The molecule has 1 aliphatic heterocycles. The average Bonchev–Trinajstić information content (AvgIpc) is 2.28. The fourth-order valence-electron chi connectivity index (χ4n) is 5.24. The van der Waals surface area contributed by atoms with E-state index in [1.54, 1.807) is 5.57 Å². The van der Waals surface area contributed by atoms with E-state index in [0.29, 0.717) is 5.41 Å². The largest absolute Gasteiger partial charge is 0.380 e. The van der Waals surface area contributed by atoms with E-state index < -0.39 is 0 Å². The third-order valence-corrected chi connectivity index (χ3v) is 5.40. The highest BCUT2D eigenvalue weighted by Crippen LogP contribution is 2.62. The van der Waals surface area contributed by atoms with Gasteiger partial charge in [-0.3, -0.25) is 0 Å². The van der Waals surface area contributed by atoms with Gasteiger partial charge in [0, 0.05) is 6.54 Å². The molecule has 5 rings (SSSR count). The topological polar surface area (TPSA) is 12.0 Å². The smallest absolute Gasteiger partial charge is 0.0581 e. The maximum Gasteiger partial charge on any atom is 0.0581 e. The Bertz CT molecular complexity index is 328. The van der Waals surface area contributed by atoms with Crippen LogP contribution in [0.2, 0.25) is 0 Å². The highest BCUT2D eigenvalue weighted by Gasteiger charge is 2.51. The van der Waals surface area contributed by atoms with Crippen LogP contribution in [0.1, 0.15) is 38.5 Å². The first kappa shape index (κ1) is 9.32. The maximum absolute atomic E-state index is 3.22. The number of dihydropyridines is 1. The Morgan fingerprint density at radius 3 is 2.19 bits per heavy atom. The predicted octanol–water partition coefficient (Wildman–Crippen LogP) is 3.05. The lowest BCUT2D eigenvalue weighted by Crippen LogP contribution is -2.47. The van der Waals surface area contributed by atoms with Gasteiger partial charge in [-0.1, -0.05) is 6.08 Å². The van der Waals surface area contributed by atoms with Gasteiger partial charge >= 0.3 is 0 Å². The maximum atomic E-state index is 3.22. The monoisotopic (exact) mass is 214 g/mol. The Balaban J connectivity index is 1.71. The van der Waals surface area contributed by atoms with Crippen molar-refractivity contribution in [2.75, 3.05) is 6.54 Å². The van der Waals surface area contributed by atoms with E-state index >= 15 is 0 Å². The molecule has 1 radical (unpaired) electrons. The van der Waals surface area contributed by atoms with Crippen LogP contribution >= 0.6 is 0 Å². The summed E-state index contributed by atoms with van der Waals surface area (Å²) in [5.74, 6) is 3.15. The standard InChI is InChI=1S/C15H20N/c1-3-16-4-2-14(1)15-8-11-5-12(9-15)7-13(6-11)10-15/h1-2,11-13,16H,3,5-10H2. The summed E-state index contributed by atoms with van der Waals surface area (Å²) in [5.41, 5.74) is 2.19. The van der Waals surface area contributed by atoms with Gasteiger partial charge in [-0.25, -0.2) is 0 Å². The molecule has 0 amide bonds. The molecule has 1 N–H and O–H groups in total. The van der Waals surface area contributed by atoms with Gasteiger partial charge in [0.1, 0.15) is 0 Å². The van der Waals surface area contributed by atoms with Crippen LogP contribution in [0, 0.1) is 29.4 Å². The van der Waals surface area contributed by atoms with Crippen LogP contribution < -0.4 is 5.32 Å². The van der Waals surface area contributed by atoms with Gasteiger partial charge in [-0.05, 0) is 73.3 Å². The first-order valence-corrected chi connectivity index (χ1v) is 6.86. The van der Waals surface area contributed by atoms with Gasteiger partial charge < -0.3 is 5.32 Å². The van der Waals surface area contributed by atoms with E-state index in [4.69, 9.17) is 0 Å². The Kier molecular flexibility index (Phi) is 1.84. The minimum Gasteiger partial charge on any atom is -0.380 e. The molecule has 4 saturated carbocycles. The Morgan fingerprint density at radius 2 is 1.69 bits per heavy atom. The molecule has 0 atom stereocenters. The fraction of sp³-hybridized carbons (Fsp3) is 0.733. The van der Waals surface area contributed by atoms with Crippen molar-refractivity contribution in [2.24, 2.45) is 23.2 Å². The van der Waals surface area contributed by atoms with Crippen molar-refractivity contribution in [3.8, 4) is 0 Å². The number of hydrogen-bond acceptors (Lipinski definition) is 1. The quantitative estimate of drug-likeness (QED) is 0.707. The van der Waals surface area contributed by atoms with Gasteiger partial charge in [0.05, 0.1) is 6.20 Å². The summed E-state index contributed by atoms with van der Waals surface area (Å²) in [7, 11) is 0. The number of nitrogens with one attached hydrogen (secondary N) is 1. The normalized spacial score (nSPS) is 49.0. The number of allylic oxidation sites excluding steroid dienone is 2. The molecule has 1 heterocycles. The third kappa shape index (κ3) is 1.23. The minimum absolute atomic E-state index is 0.573. The molecule has 0 saturated heterocycles. The second-order valence-electron chi connectivity index (χ2n) is 6.53. The molecule has 1 nitrogen and oxygen atoms in total. The molecule has 0 unspecified atom stereocenters. The lowest BCUT2D eigenvalue weighted by Gasteiger charge is -2.57. The molecule has 0 aromatic rings. The van der Waals surface area contributed by atoms with Crippen molar-refractivity contribution >= 4 is 0 Å². The molecule has 5 aliphatic rings. The summed E-state index contributed by atoms with van der Waals surface area (Å²) in [5, 5.41) is 3.16. The number of rotatable bonds is 1. The molecule has 4 aliphatic carbocycles. The molecule has 4 fully saturated rings. The van der Waals surface area contributed by atoms with Crippen molar-refractivity contribution in [1.82, 2.24) is 5.32 Å². The Morgan fingerprint density at radius 1 is 1.06 bits per heavy atom. The summed E-state index contributed by atoms with van der Waals surface area (Å²) in [4.78, 5) is 0. The highest BCUT2D eigenvalue weighted by atomic mass is 14.8. The third-order valence-electron chi connectivity index (χ3n) is 5.40. The zero-order valence-corrected chi connectivity index (χ0v) is 9.84. The summed E-state index contributed by atoms with van der Waals surface area (Å²) in [6.45, 7) is 0.994. The Labute approximate surface area is 98.0 Å². The van der Waals surface area contributed by atoms with Crippen LogP contribution in [0.15, 0.2) is 17.7 Å². The van der Waals surface area contributed by atoms with E-state index in [2.05, 4.69) is 23.7 Å². The van der Waals surface area contributed by atoms with E-state index in [9.17, 15) is 0 Å². The van der Waals surface area contributed by atoms with Crippen molar-refractivity contribution in [3.05, 3.63) is 23.9 Å². The van der Waals surface area contributed by atoms with Crippen molar-refractivity contribution in [3.63, 3.8) is 0 Å². The highest BCUT2D eigenvalue weighted by molar-refractivity contribution is 5.31. The molecule has 85 valence electrons. The van der Waals surface area contributed by atoms with E-state index in [0.717, 1.165) is 24.3 Å². The molecule has 16 heavy (non-hydrogen) atoms. The van der Waals surface area contributed by atoms with Gasteiger partial charge in [0.2, 0.25) is 0 Å². The zero-order chi connectivity index (χ0) is 10.6. The lowest BCUT2D eigenvalue weighted by molar-refractivity contribution is -0.0288. The summed E-state index contributed by atoms with van der Waals surface area (Å²) in [6, 6.07) is 0. The molecule has 0 spiro atoms. The number of hydrogen-bond donors (Lipinski definition) is 1. The van der Waals surface area contributed by atoms with Crippen LogP contribution in [0.5, 0.6) is 0 Å². The second-order valence-corrected chi connectivity index (χ2v) is 6.53. The zero-order valence-electron chi connectivity index (χ0n) is 9.84. The van der Waals surface area contributed by atoms with Crippen LogP contribution in [0.25, 0.3) is 0 Å². The van der Waals surface area contributed by atoms with Gasteiger partial charge in [0.25, 0.3) is 0 Å². The van der Waals surface area contributed by atoms with Crippen LogP contribution in [0.3, 0.4) is 0 Å². The van der Waals surface area contributed by atoms with Crippen LogP contribution in [0.4, 0.5) is 0 Å². The van der Waals surface area contributed by atoms with Crippen molar-refractivity contribution in [2.45, 2.75) is 38.5 Å². The predicted molar refractivity (Wildman–Crippen MR) is 64.5 cm³/mol. The molecule has 4 bridgehead atoms. The van der Waals surface area contributed by atoms with Crippen molar-refractivity contribution in [1.29, 1.82) is 0 Å². The summed E-state index contributed by atoms with van der Waals surface area (Å²) < 4.78 is 0. The van der Waals surface area contributed by atoms with Crippen LogP contribution in [-0.4, -0.2) is 6.54 Å². The van der Waals surface area contributed by atoms with E-state index in [1.807, 2.05) is 0 Å². The fourth-order valence-corrected chi connectivity index (χ4v) is 5.24.